The van der Waals surface area contributed by atoms with Gasteiger partial charge in [-0.25, -0.2) is 23.9 Å². The Morgan fingerprint density at radius 1 is 1.40 bits per heavy atom. The number of rotatable bonds is 1. The summed E-state index contributed by atoms with van der Waals surface area (Å²) >= 11 is 0. The van der Waals surface area contributed by atoms with Crippen molar-refractivity contribution in [3.8, 4) is 0 Å². The number of hydrogen-bond acceptors (Lipinski definition) is 2. The minimum Gasteiger partial charge on any atom is -0.246 e. The third kappa shape index (κ3) is 1.82. The lowest BCUT2D eigenvalue weighted by Gasteiger charge is -2.10. The molecule has 1 heterocycles. The van der Waals surface area contributed by atoms with Crippen LogP contribution in [0.15, 0.2) is 21.7 Å². The van der Waals surface area contributed by atoms with E-state index in [1.165, 1.54) is 11.7 Å². The van der Waals surface area contributed by atoms with Crippen LogP contribution in [0.2, 0.25) is 0 Å². The first-order valence-electron chi connectivity index (χ1n) is 5.24. The third-order valence-corrected chi connectivity index (χ3v) is 2.82. The van der Waals surface area contributed by atoms with Gasteiger partial charge in [0.2, 0.25) is 0 Å². The van der Waals surface area contributed by atoms with Crippen LogP contribution < -0.4 is 11.4 Å². The van der Waals surface area contributed by atoms with Crippen molar-refractivity contribution in [3.05, 3.63) is 33.1 Å². The van der Waals surface area contributed by atoms with Crippen LogP contribution in [-0.2, 0) is 7.05 Å². The molecule has 1 N–H and O–H groups in total. The van der Waals surface area contributed by atoms with Gasteiger partial charge in [0.05, 0.1) is 6.04 Å². The predicted octanol–water partition coefficient (Wildman–Crippen LogP) is 0.546. The molecule has 0 bridgehead atoms. The summed E-state index contributed by atoms with van der Waals surface area (Å²) in [5, 5.41) is 2.57. The normalized spacial score (nSPS) is 21.5. The van der Waals surface area contributed by atoms with Crippen LogP contribution in [0.25, 0.3) is 0 Å². The van der Waals surface area contributed by atoms with Crippen molar-refractivity contribution < 1.29 is 0 Å². The van der Waals surface area contributed by atoms with Gasteiger partial charge in [0, 0.05) is 7.05 Å². The summed E-state index contributed by atoms with van der Waals surface area (Å²) in [5.74, 6) is 0. The number of aromatic amines is 1. The zero-order valence-electron chi connectivity index (χ0n) is 8.77. The van der Waals surface area contributed by atoms with Crippen LogP contribution in [-0.4, -0.2) is 14.3 Å². The van der Waals surface area contributed by atoms with E-state index in [0.717, 1.165) is 30.3 Å². The summed E-state index contributed by atoms with van der Waals surface area (Å²) in [4.78, 5) is 22.9. The van der Waals surface area contributed by atoms with Crippen molar-refractivity contribution >= 4 is 0 Å². The molecule has 0 unspecified atom stereocenters. The maximum Gasteiger partial charge on any atom is 0.347 e. The van der Waals surface area contributed by atoms with Crippen molar-refractivity contribution in [2.45, 2.75) is 31.7 Å². The van der Waals surface area contributed by atoms with Gasteiger partial charge in [-0.15, -0.1) is 0 Å². The molecule has 0 aromatic carbocycles. The van der Waals surface area contributed by atoms with Gasteiger partial charge in [0.1, 0.15) is 0 Å². The van der Waals surface area contributed by atoms with Crippen molar-refractivity contribution in [1.29, 1.82) is 0 Å². The van der Waals surface area contributed by atoms with Gasteiger partial charge in [-0.05, 0) is 19.3 Å². The standard InChI is InChI=1S/C10H15N3O2/c1-12-9(14)11-13(10(12)15)8-6-4-2-3-5-7-8/h4,6,8H,2-3,5,7H2,1H3,(H,11,14)/t8-/m0/s1. The van der Waals surface area contributed by atoms with Crippen LogP contribution in [0, 0.1) is 0 Å². The number of aromatic nitrogens is 3. The molecule has 1 aliphatic rings. The van der Waals surface area contributed by atoms with Gasteiger partial charge in [-0.2, -0.15) is 0 Å². The van der Waals surface area contributed by atoms with E-state index in [-0.39, 0.29) is 17.4 Å². The Morgan fingerprint density at radius 3 is 2.87 bits per heavy atom. The second-order valence-corrected chi connectivity index (χ2v) is 3.91. The monoisotopic (exact) mass is 209 g/mol. The molecule has 1 aromatic heterocycles. The van der Waals surface area contributed by atoms with Crippen molar-refractivity contribution in [2.24, 2.45) is 7.05 Å². The summed E-state index contributed by atoms with van der Waals surface area (Å²) in [6.45, 7) is 0. The average Bonchev–Trinajstić information content (AvgIpc) is 2.51. The van der Waals surface area contributed by atoms with E-state index in [1.807, 2.05) is 6.08 Å². The van der Waals surface area contributed by atoms with E-state index in [1.54, 1.807) is 0 Å². The summed E-state index contributed by atoms with van der Waals surface area (Å²) in [6.07, 6.45) is 8.29. The fourth-order valence-corrected chi connectivity index (χ4v) is 1.88. The average molecular weight is 209 g/mol. The quantitative estimate of drug-likeness (QED) is 0.686. The van der Waals surface area contributed by atoms with Crippen LogP contribution >= 0.6 is 0 Å². The fourth-order valence-electron chi connectivity index (χ4n) is 1.88. The summed E-state index contributed by atoms with van der Waals surface area (Å²) < 4.78 is 2.52. The molecule has 0 radical (unpaired) electrons. The molecule has 1 aliphatic carbocycles. The maximum absolute atomic E-state index is 11.7. The highest BCUT2D eigenvalue weighted by molar-refractivity contribution is 4.94. The van der Waals surface area contributed by atoms with Gasteiger partial charge in [0.25, 0.3) is 0 Å². The van der Waals surface area contributed by atoms with Gasteiger partial charge in [0.15, 0.2) is 0 Å². The minimum absolute atomic E-state index is 0.00824. The Bertz CT molecular complexity index is 478. The lowest BCUT2D eigenvalue weighted by Crippen LogP contribution is -2.27. The molecule has 0 saturated heterocycles. The SMILES string of the molecule is Cn1c(=O)[nH]n([C@H]2C=CCCCC2)c1=O. The molecule has 0 amide bonds. The number of H-pyrrole nitrogens is 1. The lowest BCUT2D eigenvalue weighted by molar-refractivity contribution is 0.472. The molecule has 1 aromatic rings. The zero-order valence-corrected chi connectivity index (χ0v) is 8.77. The molecule has 5 heteroatoms. The number of allylic oxidation sites excluding steroid dienone is 2. The Labute approximate surface area is 87.0 Å². The lowest BCUT2D eigenvalue weighted by atomic mass is 10.1. The Hall–Kier alpha value is -1.52. The Morgan fingerprint density at radius 2 is 2.20 bits per heavy atom. The van der Waals surface area contributed by atoms with Gasteiger partial charge in [-0.3, -0.25) is 0 Å². The molecule has 5 nitrogen and oxygen atoms in total. The van der Waals surface area contributed by atoms with E-state index in [0.29, 0.717) is 0 Å². The van der Waals surface area contributed by atoms with Crippen molar-refractivity contribution in [3.63, 3.8) is 0 Å². The maximum atomic E-state index is 11.7. The highest BCUT2D eigenvalue weighted by atomic mass is 16.2. The number of nitrogens with zero attached hydrogens (tertiary/aromatic N) is 2. The minimum atomic E-state index is -0.349. The highest BCUT2D eigenvalue weighted by Crippen LogP contribution is 2.18. The number of hydrogen-bond donors (Lipinski definition) is 1. The third-order valence-electron chi connectivity index (χ3n) is 2.82. The molecule has 0 fully saturated rings. The fraction of sp³-hybridized carbons (Fsp3) is 0.600. The molecule has 2 rings (SSSR count). The highest BCUT2D eigenvalue weighted by Gasteiger charge is 2.14. The van der Waals surface area contributed by atoms with Crippen molar-refractivity contribution in [1.82, 2.24) is 14.3 Å². The largest absolute Gasteiger partial charge is 0.347 e. The predicted molar refractivity (Wildman–Crippen MR) is 56.9 cm³/mol. The molecular formula is C10H15N3O2. The van der Waals surface area contributed by atoms with Gasteiger partial charge < -0.3 is 0 Å². The molecule has 0 spiro atoms. The molecule has 15 heavy (non-hydrogen) atoms. The van der Waals surface area contributed by atoms with E-state index < -0.39 is 0 Å². The van der Waals surface area contributed by atoms with Crippen LogP contribution in [0.1, 0.15) is 31.7 Å². The smallest absolute Gasteiger partial charge is 0.246 e. The number of nitrogens with one attached hydrogen (secondary N) is 1. The van der Waals surface area contributed by atoms with E-state index >= 15 is 0 Å². The molecule has 0 aliphatic heterocycles. The summed E-state index contributed by atoms with van der Waals surface area (Å²) in [6, 6.07) is 0.00824. The van der Waals surface area contributed by atoms with Crippen molar-refractivity contribution in [2.75, 3.05) is 0 Å². The molecular weight excluding hydrogens is 194 g/mol. The molecule has 0 saturated carbocycles. The van der Waals surface area contributed by atoms with Gasteiger partial charge >= 0.3 is 11.4 Å². The van der Waals surface area contributed by atoms with E-state index in [4.69, 9.17) is 0 Å². The first-order valence-corrected chi connectivity index (χ1v) is 5.24. The summed E-state index contributed by atoms with van der Waals surface area (Å²) in [5.41, 5.74) is -0.616. The van der Waals surface area contributed by atoms with Crippen LogP contribution in [0.5, 0.6) is 0 Å². The van der Waals surface area contributed by atoms with Gasteiger partial charge in [-0.1, -0.05) is 18.6 Å². The zero-order chi connectivity index (χ0) is 10.8. The topological polar surface area (TPSA) is 59.8 Å². The van der Waals surface area contributed by atoms with Crippen LogP contribution in [0.4, 0.5) is 0 Å². The van der Waals surface area contributed by atoms with E-state index in [9.17, 15) is 9.59 Å². The summed E-state index contributed by atoms with van der Waals surface area (Å²) in [7, 11) is 1.48. The van der Waals surface area contributed by atoms with Crippen LogP contribution in [0.3, 0.4) is 0 Å². The molecule has 82 valence electrons. The molecule has 1 atom stereocenters. The Kier molecular flexibility index (Phi) is 2.62. The first kappa shape index (κ1) is 10.0. The first-order chi connectivity index (χ1) is 7.20. The van der Waals surface area contributed by atoms with E-state index in [2.05, 4.69) is 11.2 Å². The Balaban J connectivity index is 2.40. The second-order valence-electron chi connectivity index (χ2n) is 3.91. The second kappa shape index (κ2) is 3.92.